The first-order valence-corrected chi connectivity index (χ1v) is 7.15. The molecule has 3 heterocycles. The number of carbonyl (C=O) groups excluding carboxylic acids is 1. The molecule has 2 aromatic rings. The lowest BCUT2D eigenvalue weighted by molar-refractivity contribution is -0.127. The van der Waals surface area contributed by atoms with Crippen molar-refractivity contribution in [1.29, 1.82) is 0 Å². The van der Waals surface area contributed by atoms with Gasteiger partial charge in [-0.3, -0.25) is 10.1 Å². The fraction of sp³-hybridized carbons (Fsp3) is 0.438. The van der Waals surface area contributed by atoms with Gasteiger partial charge in [0.25, 0.3) is 0 Å². The van der Waals surface area contributed by atoms with Gasteiger partial charge in [-0.05, 0) is 30.7 Å². The molecule has 21 heavy (non-hydrogen) atoms. The highest BCUT2D eigenvalue weighted by atomic mass is 35.5. The highest BCUT2D eigenvalue weighted by molar-refractivity contribution is 5.85. The molecule has 3 rings (SSSR count). The molecule has 0 aromatic carbocycles. The number of halogens is 1. The van der Waals surface area contributed by atoms with E-state index in [4.69, 9.17) is 8.83 Å². The average Bonchev–Trinajstić information content (AvgIpc) is 3.14. The molecule has 0 bridgehead atoms. The molecule has 4 nitrogen and oxygen atoms in total. The van der Waals surface area contributed by atoms with Crippen molar-refractivity contribution in [2.24, 2.45) is 5.92 Å². The zero-order valence-corrected chi connectivity index (χ0v) is 12.8. The molecule has 5 heteroatoms. The number of carbonyl (C=O) groups is 1. The zero-order chi connectivity index (χ0) is 13.9. The highest BCUT2D eigenvalue weighted by Crippen LogP contribution is 2.37. The van der Waals surface area contributed by atoms with Crippen molar-refractivity contribution >= 4 is 18.2 Å². The zero-order valence-electron chi connectivity index (χ0n) is 12.0. The van der Waals surface area contributed by atoms with Crippen molar-refractivity contribution in [3.05, 3.63) is 48.3 Å². The van der Waals surface area contributed by atoms with Gasteiger partial charge in [0.15, 0.2) is 0 Å². The van der Waals surface area contributed by atoms with Gasteiger partial charge in [-0.2, -0.15) is 0 Å². The summed E-state index contributed by atoms with van der Waals surface area (Å²) >= 11 is 0. The van der Waals surface area contributed by atoms with Crippen LogP contribution in [0.15, 0.2) is 45.6 Å². The first-order valence-electron chi connectivity index (χ1n) is 7.15. The Hall–Kier alpha value is -1.52. The molecule has 0 aliphatic carbocycles. The van der Waals surface area contributed by atoms with Gasteiger partial charge in [0.1, 0.15) is 17.3 Å². The van der Waals surface area contributed by atoms with Crippen LogP contribution in [0.5, 0.6) is 0 Å². The summed E-state index contributed by atoms with van der Waals surface area (Å²) in [4.78, 5) is 12.5. The Morgan fingerprint density at radius 2 is 1.86 bits per heavy atom. The van der Waals surface area contributed by atoms with E-state index < -0.39 is 0 Å². The Labute approximate surface area is 130 Å². The standard InChI is InChI=1S/C16H19NO3.ClH/c1-2-5-11-13(18)10-12(14-6-3-8-19-14)17-16(11)15-7-4-9-20-15;/h3-4,6-9,11-12,16-17H,2,5,10H2,1H3;1H. The quantitative estimate of drug-likeness (QED) is 0.925. The van der Waals surface area contributed by atoms with Crippen LogP contribution in [0.3, 0.4) is 0 Å². The molecule has 3 unspecified atom stereocenters. The lowest BCUT2D eigenvalue weighted by atomic mass is 9.81. The molecule has 1 fully saturated rings. The highest BCUT2D eigenvalue weighted by Gasteiger charge is 2.39. The second kappa shape index (κ2) is 6.96. The minimum Gasteiger partial charge on any atom is -0.468 e. The first kappa shape index (κ1) is 15.9. The van der Waals surface area contributed by atoms with Crippen molar-refractivity contribution in [3.8, 4) is 0 Å². The Morgan fingerprint density at radius 3 is 2.43 bits per heavy atom. The van der Waals surface area contributed by atoms with Crippen LogP contribution in [0, 0.1) is 5.92 Å². The van der Waals surface area contributed by atoms with Gasteiger partial charge >= 0.3 is 0 Å². The van der Waals surface area contributed by atoms with Crippen LogP contribution in [0.2, 0.25) is 0 Å². The van der Waals surface area contributed by atoms with Crippen molar-refractivity contribution in [3.63, 3.8) is 0 Å². The maximum absolute atomic E-state index is 12.5. The fourth-order valence-electron chi connectivity index (χ4n) is 2.99. The van der Waals surface area contributed by atoms with Crippen molar-refractivity contribution in [2.75, 3.05) is 0 Å². The van der Waals surface area contributed by atoms with Crippen LogP contribution in [0.25, 0.3) is 0 Å². The second-order valence-electron chi connectivity index (χ2n) is 5.29. The predicted molar refractivity (Wildman–Crippen MR) is 81.3 cm³/mol. The molecular weight excluding hydrogens is 290 g/mol. The molecule has 1 saturated heterocycles. The van der Waals surface area contributed by atoms with Crippen LogP contribution in [0.1, 0.15) is 49.8 Å². The van der Waals surface area contributed by atoms with Crippen LogP contribution >= 0.6 is 12.4 Å². The fourth-order valence-corrected chi connectivity index (χ4v) is 2.99. The SMILES string of the molecule is CCCC1C(=O)CC(c2ccco2)NC1c1ccco1.Cl. The molecule has 2 aromatic heterocycles. The Morgan fingerprint density at radius 1 is 1.19 bits per heavy atom. The molecule has 0 amide bonds. The maximum atomic E-state index is 12.5. The predicted octanol–water partition coefficient (Wildman–Crippen LogP) is 4.06. The smallest absolute Gasteiger partial charge is 0.140 e. The van der Waals surface area contributed by atoms with Gasteiger partial charge in [-0.1, -0.05) is 13.3 Å². The lowest BCUT2D eigenvalue weighted by Crippen LogP contribution is -2.42. The van der Waals surface area contributed by atoms with E-state index in [1.54, 1.807) is 12.5 Å². The molecule has 1 aliphatic heterocycles. The molecule has 0 radical (unpaired) electrons. The Kier molecular flexibility index (Phi) is 5.26. The monoisotopic (exact) mass is 309 g/mol. The van der Waals surface area contributed by atoms with Crippen LogP contribution in [0.4, 0.5) is 0 Å². The molecule has 0 spiro atoms. The van der Waals surface area contributed by atoms with Gasteiger partial charge in [-0.15, -0.1) is 12.4 Å². The summed E-state index contributed by atoms with van der Waals surface area (Å²) in [5.74, 6) is 1.91. The number of piperidine rings is 1. The summed E-state index contributed by atoms with van der Waals surface area (Å²) < 4.78 is 11.0. The summed E-state index contributed by atoms with van der Waals surface area (Å²) in [6.45, 7) is 2.10. The van der Waals surface area contributed by atoms with Gasteiger partial charge in [0.2, 0.25) is 0 Å². The third-order valence-corrected chi connectivity index (χ3v) is 3.94. The topological polar surface area (TPSA) is 55.4 Å². The number of Topliss-reactive ketones (excluding diaryl/α,β-unsaturated/α-hetero) is 1. The Balaban J connectivity index is 0.00000161. The number of hydrogen-bond donors (Lipinski definition) is 1. The average molecular weight is 310 g/mol. The van der Waals surface area contributed by atoms with Crippen molar-refractivity contribution < 1.29 is 13.6 Å². The van der Waals surface area contributed by atoms with Gasteiger partial charge in [0.05, 0.1) is 24.6 Å². The third kappa shape index (κ3) is 3.22. The summed E-state index contributed by atoms with van der Waals surface area (Å²) in [6.07, 6.45) is 5.64. The van der Waals surface area contributed by atoms with Gasteiger partial charge in [-0.25, -0.2) is 0 Å². The molecule has 1 aliphatic rings. The molecule has 1 N–H and O–H groups in total. The largest absolute Gasteiger partial charge is 0.468 e. The van der Waals surface area contributed by atoms with Crippen molar-refractivity contribution in [2.45, 2.75) is 38.3 Å². The second-order valence-corrected chi connectivity index (χ2v) is 5.29. The van der Waals surface area contributed by atoms with E-state index >= 15 is 0 Å². The Bertz CT molecular complexity index is 550. The minimum atomic E-state index is -0.0688. The summed E-state index contributed by atoms with van der Waals surface area (Å²) in [6, 6.07) is 7.41. The minimum absolute atomic E-state index is 0. The van der Waals surface area contributed by atoms with Gasteiger partial charge < -0.3 is 8.83 Å². The van der Waals surface area contributed by atoms with Crippen molar-refractivity contribution in [1.82, 2.24) is 5.32 Å². The van der Waals surface area contributed by atoms with Gasteiger partial charge in [0, 0.05) is 12.3 Å². The summed E-state index contributed by atoms with van der Waals surface area (Å²) in [5.41, 5.74) is 0. The van der Waals surface area contributed by atoms with E-state index in [0.717, 1.165) is 24.4 Å². The van der Waals surface area contributed by atoms with Crippen LogP contribution in [-0.4, -0.2) is 5.78 Å². The number of ketones is 1. The van der Waals surface area contributed by atoms with E-state index in [0.29, 0.717) is 6.42 Å². The molecule has 3 atom stereocenters. The summed E-state index contributed by atoms with van der Waals surface area (Å²) in [5, 5.41) is 3.52. The molecule has 114 valence electrons. The lowest BCUT2D eigenvalue weighted by Gasteiger charge is -2.34. The van der Waals surface area contributed by atoms with E-state index in [9.17, 15) is 4.79 Å². The van der Waals surface area contributed by atoms with E-state index in [1.807, 2.05) is 24.3 Å². The number of nitrogens with one attached hydrogen (secondary N) is 1. The maximum Gasteiger partial charge on any atom is 0.140 e. The normalized spacial score (nSPS) is 25.6. The molecule has 0 saturated carbocycles. The van der Waals surface area contributed by atoms with E-state index in [2.05, 4.69) is 12.2 Å². The molecular formula is C16H20ClNO3. The van der Waals surface area contributed by atoms with E-state index in [1.165, 1.54) is 0 Å². The number of hydrogen-bond acceptors (Lipinski definition) is 4. The first-order chi connectivity index (χ1) is 9.79. The number of furan rings is 2. The van der Waals surface area contributed by atoms with Crippen LogP contribution < -0.4 is 5.32 Å². The van der Waals surface area contributed by atoms with E-state index in [-0.39, 0.29) is 36.2 Å². The summed E-state index contributed by atoms with van der Waals surface area (Å²) in [7, 11) is 0. The third-order valence-electron chi connectivity index (χ3n) is 3.94. The number of rotatable bonds is 4. The van der Waals surface area contributed by atoms with Crippen LogP contribution in [-0.2, 0) is 4.79 Å².